The lowest BCUT2D eigenvalue weighted by Crippen LogP contribution is -2.47. The Kier molecular flexibility index (Phi) is 5.93. The number of piperazine rings is 1. The van der Waals surface area contributed by atoms with E-state index in [2.05, 4.69) is 62.0 Å². The standard InChI is InChI=1S/C26H27N5O2/c1-2-16-33-21-7-6-19-4-3-5-24(22(19)17-21)30-12-14-31(15-13-30)26-28-23(18-25(32)29-26)20-8-10-27-11-9-20/h3-11,17-18H,2,12-16H2,1H3,(H,28,29,32). The Labute approximate surface area is 192 Å². The van der Waals surface area contributed by atoms with E-state index in [0.717, 1.165) is 56.2 Å². The molecular formula is C26H27N5O2. The summed E-state index contributed by atoms with van der Waals surface area (Å²) in [6.07, 6.45) is 4.42. The summed E-state index contributed by atoms with van der Waals surface area (Å²) in [5.41, 5.74) is 2.64. The molecule has 0 radical (unpaired) electrons. The van der Waals surface area contributed by atoms with Gasteiger partial charge in [0.15, 0.2) is 0 Å². The van der Waals surface area contributed by atoms with Crippen molar-refractivity contribution in [2.75, 3.05) is 42.6 Å². The molecule has 0 amide bonds. The first kappa shape index (κ1) is 21.0. The van der Waals surface area contributed by atoms with Gasteiger partial charge in [0, 0.05) is 61.3 Å². The second-order valence-electron chi connectivity index (χ2n) is 8.18. The van der Waals surface area contributed by atoms with Gasteiger partial charge in [-0.25, -0.2) is 0 Å². The van der Waals surface area contributed by atoms with E-state index in [1.54, 1.807) is 12.4 Å². The van der Waals surface area contributed by atoms with Crippen molar-refractivity contribution in [2.45, 2.75) is 13.3 Å². The van der Waals surface area contributed by atoms with Crippen LogP contribution in [0.4, 0.5) is 11.6 Å². The Hall–Kier alpha value is -3.87. The summed E-state index contributed by atoms with van der Waals surface area (Å²) in [5.74, 6) is 1.52. The average molecular weight is 442 g/mol. The number of H-pyrrole nitrogens is 1. The normalized spacial score (nSPS) is 14.0. The van der Waals surface area contributed by atoms with Gasteiger partial charge in [-0.3, -0.25) is 9.78 Å². The Morgan fingerprint density at radius 3 is 2.55 bits per heavy atom. The van der Waals surface area contributed by atoms with E-state index in [4.69, 9.17) is 4.74 Å². The van der Waals surface area contributed by atoms with Gasteiger partial charge >= 0.3 is 0 Å². The van der Waals surface area contributed by atoms with Crippen LogP contribution in [0.2, 0.25) is 0 Å². The first-order chi connectivity index (χ1) is 16.2. The van der Waals surface area contributed by atoms with Gasteiger partial charge in [-0.15, -0.1) is 0 Å². The van der Waals surface area contributed by atoms with E-state index < -0.39 is 0 Å². The monoisotopic (exact) mass is 441 g/mol. The van der Waals surface area contributed by atoms with Crippen molar-refractivity contribution in [1.29, 1.82) is 0 Å². The summed E-state index contributed by atoms with van der Waals surface area (Å²) in [6.45, 7) is 6.04. The van der Waals surface area contributed by atoms with Crippen molar-refractivity contribution in [1.82, 2.24) is 15.0 Å². The predicted molar refractivity (Wildman–Crippen MR) is 132 cm³/mol. The minimum Gasteiger partial charge on any atom is -0.494 e. The van der Waals surface area contributed by atoms with Crippen molar-refractivity contribution in [3.8, 4) is 17.0 Å². The number of rotatable bonds is 6. The predicted octanol–water partition coefficient (Wildman–Crippen LogP) is 4.10. The van der Waals surface area contributed by atoms with E-state index in [9.17, 15) is 4.79 Å². The summed E-state index contributed by atoms with van der Waals surface area (Å²) < 4.78 is 5.87. The number of nitrogens with one attached hydrogen (secondary N) is 1. The van der Waals surface area contributed by atoms with Crippen molar-refractivity contribution in [3.63, 3.8) is 0 Å². The van der Waals surface area contributed by atoms with Gasteiger partial charge in [0.1, 0.15) is 5.75 Å². The van der Waals surface area contributed by atoms with Gasteiger partial charge in [0.2, 0.25) is 5.95 Å². The van der Waals surface area contributed by atoms with Crippen LogP contribution in [0.3, 0.4) is 0 Å². The fourth-order valence-electron chi connectivity index (χ4n) is 4.26. The van der Waals surface area contributed by atoms with Gasteiger partial charge < -0.3 is 19.5 Å². The summed E-state index contributed by atoms with van der Waals surface area (Å²) in [4.78, 5) is 28.4. The van der Waals surface area contributed by atoms with E-state index in [-0.39, 0.29) is 5.56 Å². The highest BCUT2D eigenvalue weighted by Gasteiger charge is 2.21. The molecule has 7 nitrogen and oxygen atoms in total. The zero-order valence-corrected chi connectivity index (χ0v) is 18.7. The molecule has 168 valence electrons. The second kappa shape index (κ2) is 9.32. The van der Waals surface area contributed by atoms with Crippen molar-refractivity contribution in [2.24, 2.45) is 0 Å². The van der Waals surface area contributed by atoms with Gasteiger partial charge in [0.05, 0.1) is 12.3 Å². The van der Waals surface area contributed by atoms with Gasteiger partial charge in [0.25, 0.3) is 5.56 Å². The number of hydrogen-bond donors (Lipinski definition) is 1. The quantitative estimate of drug-likeness (QED) is 0.486. The van der Waals surface area contributed by atoms with Crippen molar-refractivity contribution in [3.05, 3.63) is 77.3 Å². The van der Waals surface area contributed by atoms with Gasteiger partial charge in [-0.2, -0.15) is 4.98 Å². The van der Waals surface area contributed by atoms with Crippen molar-refractivity contribution >= 4 is 22.4 Å². The largest absolute Gasteiger partial charge is 0.494 e. The van der Waals surface area contributed by atoms with Crippen LogP contribution in [-0.4, -0.2) is 47.7 Å². The molecule has 2 aromatic carbocycles. The fraction of sp³-hybridized carbons (Fsp3) is 0.269. The number of pyridine rings is 1. The molecule has 3 heterocycles. The third-order valence-corrected chi connectivity index (χ3v) is 5.95. The number of nitrogens with zero attached hydrogens (tertiary/aromatic N) is 4. The molecule has 1 fully saturated rings. The minimum absolute atomic E-state index is 0.244. The lowest BCUT2D eigenvalue weighted by atomic mass is 10.1. The molecule has 0 unspecified atom stereocenters. The summed E-state index contributed by atoms with van der Waals surface area (Å²) in [7, 11) is 0. The Morgan fingerprint density at radius 2 is 1.76 bits per heavy atom. The Morgan fingerprint density at radius 1 is 0.970 bits per heavy atom. The fourth-order valence-corrected chi connectivity index (χ4v) is 4.26. The van der Waals surface area contributed by atoms with Crippen LogP contribution in [-0.2, 0) is 0 Å². The molecule has 0 atom stereocenters. The third-order valence-electron chi connectivity index (χ3n) is 5.95. The zero-order chi connectivity index (χ0) is 22.6. The number of ether oxygens (including phenoxy) is 1. The lowest BCUT2D eigenvalue weighted by molar-refractivity contribution is 0.318. The number of benzene rings is 2. The molecule has 7 heteroatoms. The molecule has 1 N–H and O–H groups in total. The van der Waals surface area contributed by atoms with Crippen LogP contribution < -0.4 is 20.1 Å². The number of aromatic amines is 1. The molecule has 1 aliphatic heterocycles. The molecule has 1 saturated heterocycles. The van der Waals surface area contributed by atoms with Gasteiger partial charge in [-0.05, 0) is 42.1 Å². The van der Waals surface area contributed by atoms with Gasteiger partial charge in [-0.1, -0.05) is 25.1 Å². The average Bonchev–Trinajstić information content (AvgIpc) is 2.87. The number of anilines is 2. The highest BCUT2D eigenvalue weighted by molar-refractivity contribution is 5.95. The van der Waals surface area contributed by atoms with Crippen LogP contribution in [0.15, 0.2) is 71.8 Å². The van der Waals surface area contributed by atoms with E-state index in [1.807, 2.05) is 18.2 Å². The Balaban J connectivity index is 1.36. The van der Waals surface area contributed by atoms with Crippen LogP contribution in [0.1, 0.15) is 13.3 Å². The first-order valence-electron chi connectivity index (χ1n) is 11.4. The summed E-state index contributed by atoms with van der Waals surface area (Å²) in [6, 6.07) is 18.0. The van der Waals surface area contributed by atoms with Crippen LogP contribution in [0.25, 0.3) is 22.0 Å². The number of fused-ring (bicyclic) bond motifs is 1. The first-order valence-corrected chi connectivity index (χ1v) is 11.4. The van der Waals surface area contributed by atoms with E-state index in [1.165, 1.54) is 22.5 Å². The lowest BCUT2D eigenvalue weighted by Gasteiger charge is -2.37. The van der Waals surface area contributed by atoms with Crippen LogP contribution in [0, 0.1) is 0 Å². The highest BCUT2D eigenvalue weighted by atomic mass is 16.5. The Bertz CT molecular complexity index is 1300. The second-order valence-corrected chi connectivity index (χ2v) is 8.18. The highest BCUT2D eigenvalue weighted by Crippen LogP contribution is 2.31. The molecule has 4 aromatic rings. The van der Waals surface area contributed by atoms with Crippen molar-refractivity contribution < 1.29 is 4.74 Å². The maximum absolute atomic E-state index is 12.3. The molecular weight excluding hydrogens is 414 g/mol. The van der Waals surface area contributed by atoms with E-state index in [0.29, 0.717) is 5.95 Å². The molecule has 0 saturated carbocycles. The molecule has 0 aliphatic carbocycles. The smallest absolute Gasteiger partial charge is 0.275 e. The third kappa shape index (κ3) is 4.53. The number of hydrogen-bond acceptors (Lipinski definition) is 6. The summed E-state index contributed by atoms with van der Waals surface area (Å²) in [5, 5.41) is 2.40. The molecule has 2 aromatic heterocycles. The molecule has 0 spiro atoms. The molecule has 0 bridgehead atoms. The maximum atomic E-state index is 12.3. The number of aromatic nitrogens is 3. The SMILES string of the molecule is CCCOc1ccc2cccc(N3CCN(c4nc(=O)cc(-c5ccncc5)[nH]4)CC3)c2c1. The molecule has 5 rings (SSSR count). The van der Waals surface area contributed by atoms with Crippen LogP contribution >= 0.6 is 0 Å². The maximum Gasteiger partial charge on any atom is 0.275 e. The zero-order valence-electron chi connectivity index (χ0n) is 18.7. The summed E-state index contributed by atoms with van der Waals surface area (Å²) >= 11 is 0. The van der Waals surface area contributed by atoms with E-state index >= 15 is 0 Å². The topological polar surface area (TPSA) is 74.3 Å². The molecule has 33 heavy (non-hydrogen) atoms. The van der Waals surface area contributed by atoms with Crippen LogP contribution in [0.5, 0.6) is 5.75 Å². The minimum atomic E-state index is -0.244. The molecule has 1 aliphatic rings.